The van der Waals surface area contributed by atoms with Crippen LogP contribution in [0.2, 0.25) is 0 Å². The molecule has 1 amide bonds. The first-order valence-electron chi connectivity index (χ1n) is 11.9. The molecule has 6 nitrogen and oxygen atoms in total. The number of carbonyl (C=O) groups excluding carboxylic acids is 1. The first-order valence-corrected chi connectivity index (χ1v) is 11.9. The highest BCUT2D eigenvalue weighted by molar-refractivity contribution is 5.99. The molecule has 1 aliphatic carbocycles. The molecule has 0 N–H and O–H groups in total. The lowest BCUT2D eigenvalue weighted by atomic mass is 9.85. The molecule has 6 heteroatoms. The van der Waals surface area contributed by atoms with Gasteiger partial charge in [-0.15, -0.1) is 0 Å². The summed E-state index contributed by atoms with van der Waals surface area (Å²) in [5, 5.41) is 0. The number of hydrogen-bond donors (Lipinski definition) is 0. The van der Waals surface area contributed by atoms with Crippen molar-refractivity contribution in [2.45, 2.75) is 45.1 Å². The number of ether oxygens (including phenoxy) is 2. The predicted molar refractivity (Wildman–Crippen MR) is 132 cm³/mol. The van der Waals surface area contributed by atoms with Crippen molar-refractivity contribution < 1.29 is 14.3 Å². The molecule has 1 fully saturated rings. The van der Waals surface area contributed by atoms with Crippen molar-refractivity contribution in [3.63, 3.8) is 0 Å². The van der Waals surface area contributed by atoms with Crippen LogP contribution in [0.25, 0.3) is 11.8 Å². The van der Waals surface area contributed by atoms with Crippen molar-refractivity contribution >= 4 is 12.0 Å². The summed E-state index contributed by atoms with van der Waals surface area (Å²) in [7, 11) is 3.36. The number of nitrogens with zero attached hydrogens (tertiary/aromatic N) is 3. The number of rotatable bonds is 5. The summed E-state index contributed by atoms with van der Waals surface area (Å²) >= 11 is 0. The molecule has 0 bridgehead atoms. The zero-order valence-corrected chi connectivity index (χ0v) is 20.1. The molecule has 2 heterocycles. The third-order valence-electron chi connectivity index (χ3n) is 6.93. The van der Waals surface area contributed by atoms with E-state index in [1.54, 1.807) is 20.5 Å². The van der Waals surface area contributed by atoms with Crippen LogP contribution < -0.4 is 9.47 Å². The van der Waals surface area contributed by atoms with E-state index in [4.69, 9.17) is 9.47 Å². The number of aromatic nitrogens is 2. The topological polar surface area (TPSA) is 56.6 Å². The number of piperidine rings is 1. The second-order valence-corrected chi connectivity index (χ2v) is 9.10. The van der Waals surface area contributed by atoms with Crippen molar-refractivity contribution in [1.29, 1.82) is 0 Å². The number of amides is 1. The molecule has 0 saturated carbocycles. The fourth-order valence-electron chi connectivity index (χ4n) is 5.22. The van der Waals surface area contributed by atoms with E-state index in [0.29, 0.717) is 0 Å². The third-order valence-corrected chi connectivity index (χ3v) is 6.93. The SMILES string of the molecule is COc1ccc2c(c1)[C@H](N1CCC/C(=C\c3ccc(-n4cnc(C)c4)c(OC)c3)C1=O)CCC2. The fraction of sp³-hybridized carbons (Fsp3) is 0.357. The van der Waals surface area contributed by atoms with Crippen molar-refractivity contribution in [2.75, 3.05) is 20.8 Å². The van der Waals surface area contributed by atoms with Crippen LogP contribution in [0.15, 0.2) is 54.5 Å². The Morgan fingerprint density at radius 1 is 1.06 bits per heavy atom. The maximum absolute atomic E-state index is 13.6. The van der Waals surface area contributed by atoms with Crippen molar-refractivity contribution in [2.24, 2.45) is 0 Å². The molecule has 3 aromatic rings. The maximum Gasteiger partial charge on any atom is 0.250 e. The Morgan fingerprint density at radius 2 is 1.94 bits per heavy atom. The lowest BCUT2D eigenvalue weighted by Gasteiger charge is -2.39. The fourth-order valence-corrected chi connectivity index (χ4v) is 5.22. The van der Waals surface area contributed by atoms with Gasteiger partial charge in [-0.05, 0) is 86.1 Å². The van der Waals surface area contributed by atoms with Crippen molar-refractivity contribution in [1.82, 2.24) is 14.5 Å². The normalized spacial score (nSPS) is 19.3. The van der Waals surface area contributed by atoms with Gasteiger partial charge >= 0.3 is 0 Å². The first-order chi connectivity index (χ1) is 16.6. The molecule has 1 aliphatic heterocycles. The Hall–Kier alpha value is -3.54. The van der Waals surface area contributed by atoms with Gasteiger partial charge in [0.25, 0.3) is 0 Å². The second-order valence-electron chi connectivity index (χ2n) is 9.10. The molecule has 2 aliphatic rings. The molecular weight excluding hydrogens is 426 g/mol. The minimum Gasteiger partial charge on any atom is -0.497 e. The summed E-state index contributed by atoms with van der Waals surface area (Å²) < 4.78 is 13.1. The Bertz CT molecular complexity index is 1240. The molecule has 2 aromatic carbocycles. The standard InChI is InChI=1S/C28H31N3O3/c1-19-17-30(18-29-19)26-12-9-20(15-27(26)34-3)14-22-7-5-13-31(28(22)32)25-8-4-6-21-10-11-23(33-2)16-24(21)25/h9-12,14-18,25H,4-8,13H2,1-3H3/b22-14+/t25-/m1/s1. The lowest BCUT2D eigenvalue weighted by molar-refractivity contribution is -0.131. The molecule has 1 atom stereocenters. The largest absolute Gasteiger partial charge is 0.497 e. The summed E-state index contributed by atoms with van der Waals surface area (Å²) in [4.78, 5) is 20.0. The van der Waals surface area contributed by atoms with Gasteiger partial charge in [0, 0.05) is 18.3 Å². The van der Waals surface area contributed by atoms with Crippen LogP contribution >= 0.6 is 0 Å². The number of aryl methyl sites for hydroxylation is 2. The van der Waals surface area contributed by atoms with Crippen LogP contribution in [0.3, 0.4) is 0 Å². The number of benzene rings is 2. The molecule has 5 rings (SSSR count). The minimum atomic E-state index is 0.108. The molecule has 176 valence electrons. The van der Waals surface area contributed by atoms with E-state index in [2.05, 4.69) is 22.0 Å². The van der Waals surface area contributed by atoms with E-state index in [1.165, 1.54) is 11.1 Å². The van der Waals surface area contributed by atoms with Gasteiger partial charge in [0.2, 0.25) is 5.91 Å². The monoisotopic (exact) mass is 457 g/mol. The molecule has 1 aromatic heterocycles. The van der Waals surface area contributed by atoms with Gasteiger partial charge < -0.3 is 18.9 Å². The summed E-state index contributed by atoms with van der Waals surface area (Å²) in [5.41, 5.74) is 6.26. The van der Waals surface area contributed by atoms with E-state index in [9.17, 15) is 4.79 Å². The summed E-state index contributed by atoms with van der Waals surface area (Å²) in [5.74, 6) is 1.74. The third kappa shape index (κ3) is 4.20. The number of hydrogen-bond acceptors (Lipinski definition) is 4. The number of methoxy groups -OCH3 is 2. The van der Waals surface area contributed by atoms with Crippen molar-refractivity contribution in [3.8, 4) is 17.2 Å². The average Bonchev–Trinajstić information content (AvgIpc) is 3.30. The highest BCUT2D eigenvalue weighted by Crippen LogP contribution is 2.39. The Balaban J connectivity index is 1.43. The zero-order chi connectivity index (χ0) is 23.7. The van der Waals surface area contributed by atoms with Crippen LogP contribution in [0, 0.1) is 6.92 Å². The summed E-state index contributed by atoms with van der Waals surface area (Å²) in [6.07, 6.45) is 10.7. The molecule has 0 unspecified atom stereocenters. The first kappa shape index (κ1) is 22.3. The van der Waals surface area contributed by atoms with E-state index in [1.807, 2.05) is 48.0 Å². The Labute approximate surface area is 200 Å². The molecule has 1 saturated heterocycles. The van der Waals surface area contributed by atoms with Gasteiger partial charge in [-0.25, -0.2) is 4.98 Å². The number of likely N-dealkylation sites (tertiary alicyclic amines) is 1. The Kier molecular flexibility index (Phi) is 6.14. The highest BCUT2D eigenvalue weighted by Gasteiger charge is 2.33. The van der Waals surface area contributed by atoms with E-state index < -0.39 is 0 Å². The van der Waals surface area contributed by atoms with Crippen LogP contribution in [0.1, 0.15) is 54.1 Å². The molecular formula is C28H31N3O3. The predicted octanol–water partition coefficient (Wildman–Crippen LogP) is 5.28. The highest BCUT2D eigenvalue weighted by atomic mass is 16.5. The van der Waals surface area contributed by atoms with Crippen molar-refractivity contribution in [3.05, 3.63) is 76.9 Å². The number of imidazole rings is 1. The average molecular weight is 458 g/mol. The van der Waals surface area contributed by atoms with E-state index in [0.717, 1.165) is 72.7 Å². The van der Waals surface area contributed by atoms with Gasteiger partial charge in [0.05, 0.1) is 38.0 Å². The van der Waals surface area contributed by atoms with Gasteiger partial charge in [0.15, 0.2) is 0 Å². The second kappa shape index (κ2) is 9.37. The van der Waals surface area contributed by atoms with Gasteiger partial charge in [-0.3, -0.25) is 4.79 Å². The number of fused-ring (bicyclic) bond motifs is 1. The molecule has 0 radical (unpaired) electrons. The summed E-state index contributed by atoms with van der Waals surface area (Å²) in [6.45, 7) is 2.75. The lowest BCUT2D eigenvalue weighted by Crippen LogP contribution is -2.41. The summed E-state index contributed by atoms with van der Waals surface area (Å²) in [6, 6.07) is 12.4. The van der Waals surface area contributed by atoms with Crippen LogP contribution in [0.4, 0.5) is 0 Å². The van der Waals surface area contributed by atoms with Crippen LogP contribution in [0.5, 0.6) is 11.5 Å². The quantitative estimate of drug-likeness (QED) is 0.489. The molecule has 0 spiro atoms. The van der Waals surface area contributed by atoms with E-state index in [-0.39, 0.29) is 11.9 Å². The van der Waals surface area contributed by atoms with Gasteiger partial charge in [-0.1, -0.05) is 12.1 Å². The number of carbonyl (C=O) groups is 1. The van der Waals surface area contributed by atoms with E-state index >= 15 is 0 Å². The smallest absolute Gasteiger partial charge is 0.250 e. The zero-order valence-electron chi connectivity index (χ0n) is 20.1. The Morgan fingerprint density at radius 3 is 2.71 bits per heavy atom. The van der Waals surface area contributed by atoms with Gasteiger partial charge in [0.1, 0.15) is 11.5 Å². The maximum atomic E-state index is 13.6. The van der Waals surface area contributed by atoms with Crippen LogP contribution in [-0.4, -0.2) is 41.1 Å². The minimum absolute atomic E-state index is 0.108. The molecule has 34 heavy (non-hydrogen) atoms. The van der Waals surface area contributed by atoms with Gasteiger partial charge in [-0.2, -0.15) is 0 Å². The van der Waals surface area contributed by atoms with Crippen LogP contribution in [-0.2, 0) is 11.2 Å².